The van der Waals surface area contributed by atoms with Crippen molar-refractivity contribution in [1.29, 1.82) is 0 Å². The van der Waals surface area contributed by atoms with Crippen LogP contribution in [0.25, 0.3) is 12.2 Å². The Kier molecular flexibility index (Phi) is 6.90. The maximum Gasteiger partial charge on any atom is 0.248 e. The Morgan fingerprint density at radius 2 is 1.76 bits per heavy atom. The molecule has 34 heavy (non-hydrogen) atoms. The van der Waals surface area contributed by atoms with E-state index in [-0.39, 0.29) is 46.8 Å². The van der Waals surface area contributed by atoms with Crippen LogP contribution in [-0.2, 0) is 14.8 Å². The summed E-state index contributed by atoms with van der Waals surface area (Å²) in [5, 5.41) is 6.53. The largest absolute Gasteiger partial charge is 0.355 e. The first-order chi connectivity index (χ1) is 16.3. The van der Waals surface area contributed by atoms with E-state index < -0.39 is 21.7 Å². The van der Waals surface area contributed by atoms with E-state index in [1.807, 2.05) is 0 Å². The van der Waals surface area contributed by atoms with Gasteiger partial charge in [0.25, 0.3) is 0 Å². The molecule has 1 N–H and O–H groups in total. The molecule has 178 valence electrons. The van der Waals surface area contributed by atoms with Crippen LogP contribution in [0.2, 0.25) is 0 Å². The quantitative estimate of drug-likeness (QED) is 0.554. The minimum Gasteiger partial charge on any atom is -0.355 e. The summed E-state index contributed by atoms with van der Waals surface area (Å²) in [6, 6.07) is 11.5. The minimum absolute atomic E-state index is 0.0110. The molecule has 1 fully saturated rings. The maximum absolute atomic E-state index is 13.9. The molecule has 1 saturated heterocycles. The van der Waals surface area contributed by atoms with Crippen LogP contribution in [0.5, 0.6) is 0 Å². The number of hydrogen-bond acceptors (Lipinski definition) is 5. The number of carbonyl (C=O) groups is 1. The van der Waals surface area contributed by atoms with Gasteiger partial charge in [0.05, 0.1) is 0 Å². The van der Waals surface area contributed by atoms with Gasteiger partial charge >= 0.3 is 0 Å². The molecular formula is C24H23F2N3O4S. The number of hydrogen-bond donors (Lipinski definition) is 1. The number of nitrogens with one attached hydrogen (secondary N) is 1. The number of aryl methyl sites for hydroxylation is 1. The Hall–Kier alpha value is -3.37. The number of sulfonamides is 1. The first kappa shape index (κ1) is 23.8. The summed E-state index contributed by atoms with van der Waals surface area (Å²) in [6.45, 7) is 1.82. The second kappa shape index (κ2) is 9.86. The molecule has 0 saturated carbocycles. The number of anilines is 1. The zero-order valence-electron chi connectivity index (χ0n) is 18.4. The van der Waals surface area contributed by atoms with Crippen molar-refractivity contribution in [1.82, 2.24) is 9.46 Å². The van der Waals surface area contributed by atoms with E-state index in [9.17, 15) is 22.0 Å². The number of carbonyl (C=O) groups excluding carboxylic acids is 1. The standard InChI is InChI=1S/C24H23F2N3O4S/c1-16-23(22(33-28-16)11-6-17-4-2-3-5-21(17)26)34(31,32)29-14-12-18(13-15-29)24(30)27-20-9-7-19(25)8-10-20/h2-11,18H,12-15H2,1H3,(H,27,30)/b11-6+. The molecule has 2 heterocycles. The van der Waals surface area contributed by atoms with Gasteiger partial charge in [0.15, 0.2) is 10.7 Å². The molecule has 0 bridgehead atoms. The normalized spacial score (nSPS) is 15.6. The molecule has 10 heteroatoms. The molecule has 1 aliphatic heterocycles. The van der Waals surface area contributed by atoms with E-state index in [0.717, 1.165) is 0 Å². The first-order valence-corrected chi connectivity index (χ1v) is 12.1. The number of piperidine rings is 1. The second-order valence-corrected chi connectivity index (χ2v) is 9.87. The van der Waals surface area contributed by atoms with Gasteiger partial charge in [-0.3, -0.25) is 4.79 Å². The van der Waals surface area contributed by atoms with E-state index in [0.29, 0.717) is 18.5 Å². The third-order valence-corrected chi connectivity index (χ3v) is 7.74. The van der Waals surface area contributed by atoms with Gasteiger partial charge in [-0.25, -0.2) is 17.2 Å². The third kappa shape index (κ3) is 5.07. The van der Waals surface area contributed by atoms with Crippen LogP contribution in [0.3, 0.4) is 0 Å². The van der Waals surface area contributed by atoms with Crippen molar-refractivity contribution in [3.05, 3.63) is 77.2 Å². The van der Waals surface area contributed by atoms with Gasteiger partial charge in [-0.1, -0.05) is 23.4 Å². The fourth-order valence-electron chi connectivity index (χ4n) is 3.84. The highest BCUT2D eigenvalue weighted by atomic mass is 32.2. The first-order valence-electron chi connectivity index (χ1n) is 10.7. The lowest BCUT2D eigenvalue weighted by atomic mass is 9.97. The molecule has 1 aromatic heterocycles. The van der Waals surface area contributed by atoms with E-state index in [1.54, 1.807) is 18.2 Å². The number of halogens is 2. The van der Waals surface area contributed by atoms with Gasteiger partial charge in [-0.05, 0) is 62.2 Å². The maximum atomic E-state index is 13.9. The van der Waals surface area contributed by atoms with E-state index in [1.165, 1.54) is 53.7 Å². The van der Waals surface area contributed by atoms with Gasteiger partial charge in [-0.2, -0.15) is 4.31 Å². The summed E-state index contributed by atoms with van der Waals surface area (Å²) in [7, 11) is -3.95. The van der Waals surface area contributed by atoms with Gasteiger partial charge < -0.3 is 9.84 Å². The summed E-state index contributed by atoms with van der Waals surface area (Å²) < 4.78 is 60.2. The van der Waals surface area contributed by atoms with Crippen molar-refractivity contribution in [2.45, 2.75) is 24.7 Å². The minimum atomic E-state index is -3.95. The van der Waals surface area contributed by atoms with Crippen LogP contribution in [-0.4, -0.2) is 36.9 Å². The molecule has 2 aromatic carbocycles. The predicted molar refractivity (Wildman–Crippen MR) is 123 cm³/mol. The number of aromatic nitrogens is 1. The molecule has 0 spiro atoms. The fourth-order valence-corrected chi connectivity index (χ4v) is 5.56. The summed E-state index contributed by atoms with van der Waals surface area (Å²) in [5.41, 5.74) is 0.963. The van der Waals surface area contributed by atoms with Gasteiger partial charge in [0.2, 0.25) is 15.9 Å². The van der Waals surface area contributed by atoms with Crippen molar-refractivity contribution >= 4 is 33.8 Å². The summed E-state index contributed by atoms with van der Waals surface area (Å²) in [6.07, 6.45) is 3.47. The molecule has 0 radical (unpaired) electrons. The van der Waals surface area contributed by atoms with E-state index >= 15 is 0 Å². The van der Waals surface area contributed by atoms with Crippen molar-refractivity contribution in [3.8, 4) is 0 Å². The van der Waals surface area contributed by atoms with E-state index in [2.05, 4.69) is 10.5 Å². The molecule has 7 nitrogen and oxygen atoms in total. The SMILES string of the molecule is Cc1noc(/C=C/c2ccccc2F)c1S(=O)(=O)N1CCC(C(=O)Nc2ccc(F)cc2)CC1. The monoisotopic (exact) mass is 487 g/mol. The van der Waals surface area contributed by atoms with Crippen LogP contribution in [0.1, 0.15) is 29.9 Å². The highest BCUT2D eigenvalue weighted by molar-refractivity contribution is 7.89. The van der Waals surface area contributed by atoms with Crippen molar-refractivity contribution < 1.29 is 26.5 Å². The van der Waals surface area contributed by atoms with Crippen LogP contribution >= 0.6 is 0 Å². The van der Waals surface area contributed by atoms with Crippen molar-refractivity contribution in [3.63, 3.8) is 0 Å². The zero-order chi connectivity index (χ0) is 24.3. The summed E-state index contributed by atoms with van der Waals surface area (Å²) in [4.78, 5) is 12.5. The van der Waals surface area contributed by atoms with Crippen LogP contribution in [0.15, 0.2) is 57.9 Å². The summed E-state index contributed by atoms with van der Waals surface area (Å²) in [5.74, 6) is -1.44. The Balaban J connectivity index is 1.45. The second-order valence-electron chi connectivity index (χ2n) is 7.99. The predicted octanol–water partition coefficient (Wildman–Crippen LogP) is 4.47. The average molecular weight is 488 g/mol. The van der Waals surface area contributed by atoms with Crippen molar-refractivity contribution in [2.75, 3.05) is 18.4 Å². The Morgan fingerprint density at radius 1 is 1.09 bits per heavy atom. The highest BCUT2D eigenvalue weighted by Crippen LogP contribution is 2.29. The van der Waals surface area contributed by atoms with Gasteiger partial charge in [-0.15, -0.1) is 0 Å². The van der Waals surface area contributed by atoms with Gasteiger partial charge in [0.1, 0.15) is 17.3 Å². The zero-order valence-corrected chi connectivity index (χ0v) is 19.2. The lowest BCUT2D eigenvalue weighted by Gasteiger charge is -2.30. The van der Waals surface area contributed by atoms with Crippen LogP contribution < -0.4 is 5.32 Å². The number of rotatable bonds is 6. The lowest BCUT2D eigenvalue weighted by Crippen LogP contribution is -2.41. The Labute approximate surface area is 196 Å². The van der Waals surface area contributed by atoms with Crippen LogP contribution in [0.4, 0.5) is 14.5 Å². The molecule has 1 amide bonds. The van der Waals surface area contributed by atoms with Crippen molar-refractivity contribution in [2.24, 2.45) is 5.92 Å². The lowest BCUT2D eigenvalue weighted by molar-refractivity contribution is -0.120. The van der Waals surface area contributed by atoms with Crippen LogP contribution in [0, 0.1) is 24.5 Å². The number of nitrogens with zero attached hydrogens (tertiary/aromatic N) is 2. The molecule has 4 rings (SSSR count). The summed E-state index contributed by atoms with van der Waals surface area (Å²) >= 11 is 0. The molecule has 0 unspecified atom stereocenters. The molecule has 1 aliphatic rings. The smallest absolute Gasteiger partial charge is 0.248 e. The average Bonchev–Trinajstić information content (AvgIpc) is 3.21. The molecular weight excluding hydrogens is 464 g/mol. The molecule has 0 aliphatic carbocycles. The van der Waals surface area contributed by atoms with Gasteiger partial charge in [0, 0.05) is 30.3 Å². The number of amides is 1. The third-order valence-electron chi connectivity index (χ3n) is 5.69. The molecule has 0 atom stereocenters. The van der Waals surface area contributed by atoms with E-state index in [4.69, 9.17) is 4.52 Å². The Bertz CT molecular complexity index is 1310. The fraction of sp³-hybridized carbons (Fsp3) is 0.250. The Morgan fingerprint density at radius 3 is 2.44 bits per heavy atom. The highest BCUT2D eigenvalue weighted by Gasteiger charge is 2.36. The topological polar surface area (TPSA) is 92.5 Å². The molecule has 3 aromatic rings. The number of benzene rings is 2.